The standard InChI is InChI=1S/C19H29N3O4/c1-19(2,3)20-17(24)14-22(13-9-5-8-12-16(23)21-26)18(25)15-10-6-4-7-11-15/h4,6-7,10-11,26H,5,8-9,12-14H2,1-3H3,(H,20,24)(H,21,23). The van der Waals surface area contributed by atoms with Gasteiger partial charge in [0, 0.05) is 24.1 Å². The minimum atomic E-state index is -0.424. The van der Waals surface area contributed by atoms with E-state index in [1.807, 2.05) is 26.8 Å². The maximum absolute atomic E-state index is 12.7. The van der Waals surface area contributed by atoms with E-state index >= 15 is 0 Å². The molecule has 0 unspecified atom stereocenters. The summed E-state index contributed by atoms with van der Waals surface area (Å²) in [4.78, 5) is 37.5. The Morgan fingerprint density at radius 2 is 1.65 bits per heavy atom. The zero-order valence-corrected chi connectivity index (χ0v) is 15.7. The third-order valence-electron chi connectivity index (χ3n) is 3.61. The van der Waals surface area contributed by atoms with E-state index in [9.17, 15) is 14.4 Å². The Balaban J connectivity index is 2.65. The van der Waals surface area contributed by atoms with Crippen LogP contribution < -0.4 is 10.8 Å². The fraction of sp³-hybridized carbons (Fsp3) is 0.526. The SMILES string of the molecule is CC(C)(C)NC(=O)CN(CCCCCC(=O)NO)C(=O)c1ccccc1. The molecular weight excluding hydrogens is 334 g/mol. The molecule has 1 aromatic rings. The molecule has 0 bridgehead atoms. The quantitative estimate of drug-likeness (QED) is 0.355. The second kappa shape index (κ2) is 10.6. The Labute approximate surface area is 154 Å². The van der Waals surface area contributed by atoms with Crippen molar-refractivity contribution in [2.45, 2.75) is 52.0 Å². The van der Waals surface area contributed by atoms with Gasteiger partial charge in [-0.05, 0) is 45.7 Å². The van der Waals surface area contributed by atoms with Gasteiger partial charge in [0.25, 0.3) is 5.91 Å². The number of benzene rings is 1. The van der Waals surface area contributed by atoms with E-state index in [0.29, 0.717) is 31.4 Å². The van der Waals surface area contributed by atoms with Crippen molar-refractivity contribution >= 4 is 17.7 Å². The molecule has 0 heterocycles. The maximum atomic E-state index is 12.7. The molecule has 7 heteroatoms. The first-order valence-electron chi connectivity index (χ1n) is 8.81. The fourth-order valence-electron chi connectivity index (χ4n) is 2.47. The Morgan fingerprint density at radius 1 is 1.00 bits per heavy atom. The van der Waals surface area contributed by atoms with Crippen molar-refractivity contribution in [2.75, 3.05) is 13.1 Å². The lowest BCUT2D eigenvalue weighted by Crippen LogP contribution is -2.47. The van der Waals surface area contributed by atoms with Crippen LogP contribution in [0, 0.1) is 0 Å². The van der Waals surface area contributed by atoms with Gasteiger partial charge in [-0.3, -0.25) is 19.6 Å². The minimum Gasteiger partial charge on any atom is -0.350 e. The molecule has 7 nitrogen and oxygen atoms in total. The second-order valence-electron chi connectivity index (χ2n) is 7.24. The summed E-state index contributed by atoms with van der Waals surface area (Å²) in [6.45, 7) is 6.08. The van der Waals surface area contributed by atoms with Crippen LogP contribution in [0.2, 0.25) is 0 Å². The topological polar surface area (TPSA) is 98.7 Å². The van der Waals surface area contributed by atoms with Crippen LogP contribution in [0.25, 0.3) is 0 Å². The van der Waals surface area contributed by atoms with Crippen molar-refractivity contribution in [3.63, 3.8) is 0 Å². The number of carbonyl (C=O) groups excluding carboxylic acids is 3. The Morgan fingerprint density at radius 3 is 2.23 bits per heavy atom. The van der Waals surface area contributed by atoms with Gasteiger partial charge in [-0.25, -0.2) is 5.48 Å². The maximum Gasteiger partial charge on any atom is 0.254 e. The zero-order chi connectivity index (χ0) is 19.6. The molecule has 3 N–H and O–H groups in total. The van der Waals surface area contributed by atoms with Gasteiger partial charge in [-0.15, -0.1) is 0 Å². The average Bonchev–Trinajstić information content (AvgIpc) is 2.58. The highest BCUT2D eigenvalue weighted by Crippen LogP contribution is 2.09. The first kappa shape index (κ1) is 21.6. The average molecular weight is 363 g/mol. The van der Waals surface area contributed by atoms with Crippen LogP contribution in [0.1, 0.15) is 56.8 Å². The predicted octanol–water partition coefficient (Wildman–Crippen LogP) is 2.11. The van der Waals surface area contributed by atoms with Crippen molar-refractivity contribution in [3.05, 3.63) is 35.9 Å². The monoisotopic (exact) mass is 363 g/mol. The summed E-state index contributed by atoms with van der Waals surface area (Å²) in [5.74, 6) is -0.823. The molecule has 0 saturated carbocycles. The molecule has 0 aromatic heterocycles. The molecule has 0 aliphatic heterocycles. The van der Waals surface area contributed by atoms with Gasteiger partial charge in [0.05, 0.1) is 6.54 Å². The highest BCUT2D eigenvalue weighted by Gasteiger charge is 2.21. The summed E-state index contributed by atoms with van der Waals surface area (Å²) in [6, 6.07) is 8.85. The highest BCUT2D eigenvalue weighted by molar-refractivity contribution is 5.96. The lowest BCUT2D eigenvalue weighted by atomic mass is 10.1. The van der Waals surface area contributed by atoms with Gasteiger partial charge in [-0.1, -0.05) is 24.6 Å². The predicted molar refractivity (Wildman–Crippen MR) is 98.6 cm³/mol. The Kier molecular flexibility index (Phi) is 8.78. The van der Waals surface area contributed by atoms with Gasteiger partial charge in [0.2, 0.25) is 11.8 Å². The molecule has 0 atom stereocenters. The van der Waals surface area contributed by atoms with E-state index in [-0.39, 0.29) is 30.3 Å². The van der Waals surface area contributed by atoms with Gasteiger partial charge in [0.1, 0.15) is 0 Å². The Hall–Kier alpha value is -2.41. The molecular formula is C19H29N3O4. The largest absolute Gasteiger partial charge is 0.350 e. The molecule has 0 aliphatic rings. The molecule has 1 rings (SSSR count). The van der Waals surface area contributed by atoms with Gasteiger partial charge in [0.15, 0.2) is 0 Å². The number of rotatable bonds is 9. The summed E-state index contributed by atoms with van der Waals surface area (Å²) in [7, 11) is 0. The molecule has 3 amide bonds. The minimum absolute atomic E-state index is 0.0118. The number of carbonyl (C=O) groups is 3. The van der Waals surface area contributed by atoms with Crippen molar-refractivity contribution in [1.82, 2.24) is 15.7 Å². The van der Waals surface area contributed by atoms with E-state index in [1.165, 1.54) is 4.90 Å². The van der Waals surface area contributed by atoms with Gasteiger partial charge >= 0.3 is 0 Å². The lowest BCUT2D eigenvalue weighted by molar-refractivity contribution is -0.129. The smallest absolute Gasteiger partial charge is 0.254 e. The highest BCUT2D eigenvalue weighted by atomic mass is 16.5. The van der Waals surface area contributed by atoms with Crippen LogP contribution in [-0.2, 0) is 9.59 Å². The van der Waals surface area contributed by atoms with Crippen LogP contribution in [0.3, 0.4) is 0 Å². The summed E-state index contributed by atoms with van der Waals surface area (Å²) >= 11 is 0. The van der Waals surface area contributed by atoms with Crippen molar-refractivity contribution < 1.29 is 19.6 Å². The number of nitrogens with zero attached hydrogens (tertiary/aromatic N) is 1. The second-order valence-corrected chi connectivity index (χ2v) is 7.24. The van der Waals surface area contributed by atoms with Crippen molar-refractivity contribution in [3.8, 4) is 0 Å². The van der Waals surface area contributed by atoms with Gasteiger partial charge in [-0.2, -0.15) is 0 Å². The van der Waals surface area contributed by atoms with E-state index in [0.717, 1.165) is 0 Å². The third kappa shape index (κ3) is 8.62. The van der Waals surface area contributed by atoms with Gasteiger partial charge < -0.3 is 10.2 Å². The summed E-state index contributed by atoms with van der Waals surface area (Å²) in [5, 5.41) is 11.3. The zero-order valence-electron chi connectivity index (χ0n) is 15.7. The molecule has 1 aromatic carbocycles. The molecule has 144 valence electrons. The molecule has 0 aliphatic carbocycles. The number of nitrogens with one attached hydrogen (secondary N) is 2. The van der Waals surface area contributed by atoms with E-state index < -0.39 is 5.91 Å². The Bertz CT molecular complexity index is 597. The van der Waals surface area contributed by atoms with E-state index in [4.69, 9.17) is 5.21 Å². The first-order valence-corrected chi connectivity index (χ1v) is 8.81. The van der Waals surface area contributed by atoms with Crippen molar-refractivity contribution in [1.29, 1.82) is 0 Å². The normalized spacial score (nSPS) is 10.9. The van der Waals surface area contributed by atoms with Crippen LogP contribution in [0.15, 0.2) is 30.3 Å². The number of amides is 3. The molecule has 0 radical (unpaired) electrons. The lowest BCUT2D eigenvalue weighted by Gasteiger charge is -2.26. The van der Waals surface area contributed by atoms with Crippen LogP contribution in [0.4, 0.5) is 0 Å². The van der Waals surface area contributed by atoms with Crippen LogP contribution >= 0.6 is 0 Å². The molecule has 0 spiro atoms. The summed E-state index contributed by atoms with van der Waals surface area (Å²) in [6.07, 6.45) is 2.22. The number of unbranched alkanes of at least 4 members (excludes halogenated alkanes) is 2. The number of hydroxylamine groups is 1. The fourth-order valence-corrected chi connectivity index (χ4v) is 2.47. The first-order chi connectivity index (χ1) is 12.2. The molecule has 0 saturated heterocycles. The summed E-state index contributed by atoms with van der Waals surface area (Å²) in [5.41, 5.74) is 1.77. The molecule has 26 heavy (non-hydrogen) atoms. The molecule has 0 fully saturated rings. The van der Waals surface area contributed by atoms with E-state index in [1.54, 1.807) is 29.7 Å². The summed E-state index contributed by atoms with van der Waals surface area (Å²) < 4.78 is 0. The third-order valence-corrected chi connectivity index (χ3v) is 3.61. The van der Waals surface area contributed by atoms with E-state index in [2.05, 4.69) is 5.32 Å². The number of hydrogen-bond acceptors (Lipinski definition) is 4. The number of hydrogen-bond donors (Lipinski definition) is 3. The van der Waals surface area contributed by atoms with Crippen LogP contribution in [-0.4, -0.2) is 46.5 Å². The van der Waals surface area contributed by atoms with Crippen LogP contribution in [0.5, 0.6) is 0 Å². The van der Waals surface area contributed by atoms with Crippen molar-refractivity contribution in [2.24, 2.45) is 0 Å².